The van der Waals surface area contributed by atoms with Crippen LogP contribution in [0.5, 0.6) is 0 Å². The average molecular weight is 424 g/mol. The van der Waals surface area contributed by atoms with Crippen molar-refractivity contribution in [1.29, 1.82) is 0 Å². The molecule has 166 valence electrons. The lowest BCUT2D eigenvalue weighted by molar-refractivity contribution is -0.151. The van der Waals surface area contributed by atoms with Crippen LogP contribution in [0.25, 0.3) is 0 Å². The van der Waals surface area contributed by atoms with E-state index >= 15 is 0 Å². The number of hydrogen-bond donors (Lipinski definition) is 0. The van der Waals surface area contributed by atoms with Crippen LogP contribution >= 0.6 is 0 Å². The molecular weight excluding hydrogens is 390 g/mol. The molecule has 0 saturated carbocycles. The lowest BCUT2D eigenvalue weighted by Gasteiger charge is -2.28. The van der Waals surface area contributed by atoms with Gasteiger partial charge in [0.05, 0.1) is 13.0 Å². The molecule has 1 amide bonds. The van der Waals surface area contributed by atoms with Crippen LogP contribution in [0.2, 0.25) is 0 Å². The average Bonchev–Trinajstić information content (AvgIpc) is 3.24. The van der Waals surface area contributed by atoms with Crippen molar-refractivity contribution in [2.75, 3.05) is 26.9 Å². The Kier molecular flexibility index (Phi) is 8.65. The van der Waals surface area contributed by atoms with Crippen LogP contribution in [0.15, 0.2) is 60.7 Å². The van der Waals surface area contributed by atoms with E-state index in [4.69, 9.17) is 9.47 Å². The Morgan fingerprint density at radius 2 is 1.61 bits per heavy atom. The van der Waals surface area contributed by atoms with Crippen molar-refractivity contribution in [2.45, 2.75) is 44.6 Å². The number of methoxy groups -OCH3 is 1. The predicted molar refractivity (Wildman–Crippen MR) is 121 cm³/mol. The molecule has 1 fully saturated rings. The molecule has 1 aliphatic rings. The topological polar surface area (TPSA) is 55.8 Å². The van der Waals surface area contributed by atoms with Gasteiger partial charge >= 0.3 is 5.97 Å². The standard InChI is InChI=1S/C26H33NO4/c1-3-4-16-31-17-15-20-18-23(26(29)30-2)27(19-20)25(28)24(21-11-7-5-8-12-21)22-13-9-6-10-14-22/h5-14,20,23-24H,3-4,15-19H2,1-2H3/t20-,23-/m0/s1. The van der Waals surface area contributed by atoms with Gasteiger partial charge in [0, 0.05) is 19.8 Å². The number of amides is 1. The predicted octanol–water partition coefficient (Wildman–Crippen LogP) is 4.42. The third kappa shape index (κ3) is 5.95. The summed E-state index contributed by atoms with van der Waals surface area (Å²) in [4.78, 5) is 28.1. The molecule has 3 rings (SSSR count). The third-order valence-electron chi connectivity index (χ3n) is 5.97. The maximum atomic E-state index is 13.8. The van der Waals surface area contributed by atoms with Gasteiger partial charge in [0.15, 0.2) is 0 Å². The van der Waals surface area contributed by atoms with E-state index in [1.54, 1.807) is 4.90 Å². The summed E-state index contributed by atoms with van der Waals surface area (Å²) in [6.07, 6.45) is 3.61. The third-order valence-corrected chi connectivity index (χ3v) is 5.97. The minimum Gasteiger partial charge on any atom is -0.467 e. The summed E-state index contributed by atoms with van der Waals surface area (Å²) in [6.45, 7) is 4.10. The number of likely N-dealkylation sites (tertiary alicyclic amines) is 1. The van der Waals surface area contributed by atoms with Crippen LogP contribution in [-0.4, -0.2) is 49.7 Å². The van der Waals surface area contributed by atoms with Gasteiger partial charge in [-0.15, -0.1) is 0 Å². The fraction of sp³-hybridized carbons (Fsp3) is 0.462. The Hall–Kier alpha value is -2.66. The molecule has 0 aromatic heterocycles. The molecule has 0 N–H and O–H groups in total. The molecule has 1 heterocycles. The molecule has 0 unspecified atom stereocenters. The van der Waals surface area contributed by atoms with Crippen LogP contribution in [0, 0.1) is 5.92 Å². The van der Waals surface area contributed by atoms with Gasteiger partial charge in [-0.2, -0.15) is 0 Å². The number of ether oxygens (including phenoxy) is 2. The van der Waals surface area contributed by atoms with Crippen molar-refractivity contribution in [3.05, 3.63) is 71.8 Å². The number of carbonyl (C=O) groups is 2. The molecule has 2 aromatic carbocycles. The normalized spacial score (nSPS) is 18.4. The summed E-state index contributed by atoms with van der Waals surface area (Å²) < 4.78 is 10.8. The fourth-order valence-electron chi connectivity index (χ4n) is 4.27. The van der Waals surface area contributed by atoms with Gasteiger partial charge < -0.3 is 14.4 Å². The lowest BCUT2D eigenvalue weighted by Crippen LogP contribution is -2.43. The first-order valence-electron chi connectivity index (χ1n) is 11.2. The van der Waals surface area contributed by atoms with E-state index in [0.717, 1.165) is 37.0 Å². The van der Waals surface area contributed by atoms with Crippen molar-refractivity contribution in [1.82, 2.24) is 4.90 Å². The molecule has 0 aliphatic carbocycles. The summed E-state index contributed by atoms with van der Waals surface area (Å²) in [5, 5.41) is 0. The zero-order valence-electron chi connectivity index (χ0n) is 18.5. The van der Waals surface area contributed by atoms with Crippen molar-refractivity contribution < 1.29 is 19.1 Å². The van der Waals surface area contributed by atoms with Crippen molar-refractivity contribution in [3.63, 3.8) is 0 Å². The lowest BCUT2D eigenvalue weighted by atomic mass is 9.90. The second-order valence-electron chi connectivity index (χ2n) is 8.14. The number of nitrogens with zero attached hydrogens (tertiary/aromatic N) is 1. The minimum absolute atomic E-state index is 0.0535. The van der Waals surface area contributed by atoms with Gasteiger partial charge in [-0.05, 0) is 36.3 Å². The van der Waals surface area contributed by atoms with Gasteiger partial charge in [-0.25, -0.2) is 4.79 Å². The summed E-state index contributed by atoms with van der Waals surface area (Å²) in [5.41, 5.74) is 1.85. The zero-order valence-corrected chi connectivity index (χ0v) is 18.5. The Labute approximate surface area is 185 Å². The molecule has 31 heavy (non-hydrogen) atoms. The maximum absolute atomic E-state index is 13.8. The number of esters is 1. The first-order chi connectivity index (χ1) is 15.2. The molecule has 1 aliphatic heterocycles. The van der Waals surface area contributed by atoms with Crippen LogP contribution in [-0.2, 0) is 19.1 Å². The molecule has 1 saturated heterocycles. The summed E-state index contributed by atoms with van der Waals surface area (Å²) in [6, 6.07) is 19.0. The largest absolute Gasteiger partial charge is 0.467 e. The Morgan fingerprint density at radius 3 is 2.16 bits per heavy atom. The summed E-state index contributed by atoms with van der Waals surface area (Å²) >= 11 is 0. The summed E-state index contributed by atoms with van der Waals surface area (Å²) in [7, 11) is 1.39. The molecule has 5 heteroatoms. The highest BCUT2D eigenvalue weighted by atomic mass is 16.5. The Morgan fingerprint density at radius 1 is 1.00 bits per heavy atom. The molecule has 0 spiro atoms. The van der Waals surface area contributed by atoms with Crippen LogP contribution < -0.4 is 0 Å². The Balaban J connectivity index is 1.80. The van der Waals surface area contributed by atoms with E-state index < -0.39 is 12.0 Å². The summed E-state index contributed by atoms with van der Waals surface area (Å²) in [5.74, 6) is -0.624. The van der Waals surface area contributed by atoms with Crippen LogP contribution in [0.4, 0.5) is 0 Å². The first kappa shape index (κ1) is 23.0. The van der Waals surface area contributed by atoms with Gasteiger partial charge in [0.2, 0.25) is 5.91 Å². The van der Waals surface area contributed by atoms with Crippen LogP contribution in [0.3, 0.4) is 0 Å². The number of carbonyl (C=O) groups excluding carboxylic acids is 2. The van der Waals surface area contributed by atoms with Gasteiger partial charge in [-0.3, -0.25) is 4.79 Å². The van der Waals surface area contributed by atoms with Gasteiger partial charge in [0.25, 0.3) is 0 Å². The van der Waals surface area contributed by atoms with Crippen molar-refractivity contribution >= 4 is 11.9 Å². The van der Waals surface area contributed by atoms with E-state index in [1.807, 2.05) is 60.7 Å². The highest BCUT2D eigenvalue weighted by molar-refractivity contribution is 5.91. The molecule has 2 atom stereocenters. The zero-order chi connectivity index (χ0) is 22.1. The van der Waals surface area contributed by atoms with Crippen molar-refractivity contribution in [3.8, 4) is 0 Å². The smallest absolute Gasteiger partial charge is 0.328 e. The highest BCUT2D eigenvalue weighted by Crippen LogP contribution is 2.33. The second-order valence-corrected chi connectivity index (χ2v) is 8.14. The molecule has 0 bridgehead atoms. The van der Waals surface area contributed by atoms with E-state index in [9.17, 15) is 9.59 Å². The first-order valence-corrected chi connectivity index (χ1v) is 11.2. The van der Waals surface area contributed by atoms with Crippen LogP contribution in [0.1, 0.15) is 49.7 Å². The maximum Gasteiger partial charge on any atom is 0.328 e. The van der Waals surface area contributed by atoms with Gasteiger partial charge in [0.1, 0.15) is 6.04 Å². The monoisotopic (exact) mass is 423 g/mol. The minimum atomic E-state index is -0.548. The quantitative estimate of drug-likeness (QED) is 0.419. The van der Waals surface area contributed by atoms with E-state index in [2.05, 4.69) is 6.92 Å². The van der Waals surface area contributed by atoms with E-state index in [1.165, 1.54) is 7.11 Å². The fourth-order valence-corrected chi connectivity index (χ4v) is 4.27. The van der Waals surface area contributed by atoms with E-state index in [0.29, 0.717) is 19.6 Å². The number of rotatable bonds is 10. The van der Waals surface area contributed by atoms with Gasteiger partial charge in [-0.1, -0.05) is 74.0 Å². The number of benzene rings is 2. The molecule has 2 aromatic rings. The number of unbranched alkanes of at least 4 members (excludes halogenated alkanes) is 1. The van der Waals surface area contributed by atoms with E-state index in [-0.39, 0.29) is 17.8 Å². The Bertz CT molecular complexity index is 784. The highest BCUT2D eigenvalue weighted by Gasteiger charge is 2.42. The van der Waals surface area contributed by atoms with Crippen molar-refractivity contribution in [2.24, 2.45) is 5.92 Å². The molecular formula is C26H33NO4. The number of hydrogen-bond acceptors (Lipinski definition) is 4. The molecule has 0 radical (unpaired) electrons. The second kappa shape index (κ2) is 11.7. The SMILES string of the molecule is CCCCOCC[C@H]1C[C@@H](C(=O)OC)N(C(=O)C(c2ccccc2)c2ccccc2)C1. The molecule has 5 nitrogen and oxygen atoms in total.